The Labute approximate surface area is 160 Å². The van der Waals surface area contributed by atoms with Crippen molar-refractivity contribution in [2.24, 2.45) is 0 Å². The van der Waals surface area contributed by atoms with Crippen molar-refractivity contribution in [3.8, 4) is 23.4 Å². The predicted molar refractivity (Wildman–Crippen MR) is 103 cm³/mol. The van der Waals surface area contributed by atoms with Gasteiger partial charge in [0, 0.05) is 23.9 Å². The molecule has 0 amide bonds. The van der Waals surface area contributed by atoms with Crippen LogP contribution in [-0.4, -0.2) is 12.0 Å². The molecule has 0 atom stereocenters. The van der Waals surface area contributed by atoms with Crippen molar-refractivity contribution in [3.63, 3.8) is 0 Å². The molecule has 138 valence electrons. The fraction of sp³-hybridized carbons (Fsp3) is 0.0952. The molecule has 0 spiro atoms. The zero-order valence-electron chi connectivity index (χ0n) is 15.1. The molecule has 0 bridgehead atoms. The summed E-state index contributed by atoms with van der Waals surface area (Å²) in [4.78, 5) is 4.14. The lowest BCUT2D eigenvalue weighted by molar-refractivity contribution is 0.565. The van der Waals surface area contributed by atoms with Crippen LogP contribution in [0.1, 0.15) is 16.7 Å². The highest BCUT2D eigenvalue weighted by atomic mass is 19.1. The highest BCUT2D eigenvalue weighted by molar-refractivity contribution is 5.81. The number of hydrogen-bond donors (Lipinski definition) is 2. The summed E-state index contributed by atoms with van der Waals surface area (Å²) in [5.74, 6) is -1.81. The summed E-state index contributed by atoms with van der Waals surface area (Å²) in [6.45, 7) is 1.32. The Bertz CT molecular complexity index is 1140. The van der Waals surface area contributed by atoms with Crippen LogP contribution in [0.25, 0.3) is 11.3 Å². The van der Waals surface area contributed by atoms with Crippen LogP contribution in [0.2, 0.25) is 0 Å². The topological polar surface area (TPSA) is 84.5 Å². The van der Waals surface area contributed by atoms with Crippen LogP contribution in [0.15, 0.2) is 42.5 Å². The molecule has 0 radical (unpaired) electrons. The van der Waals surface area contributed by atoms with Crippen molar-refractivity contribution in [1.82, 2.24) is 4.98 Å². The van der Waals surface area contributed by atoms with E-state index in [2.05, 4.69) is 15.6 Å². The van der Waals surface area contributed by atoms with E-state index >= 15 is 0 Å². The third-order valence-electron chi connectivity index (χ3n) is 4.24. The number of rotatable bonds is 4. The molecule has 1 aromatic heterocycles. The molecule has 3 aromatic rings. The van der Waals surface area contributed by atoms with Crippen molar-refractivity contribution >= 4 is 17.2 Å². The van der Waals surface area contributed by atoms with Crippen molar-refractivity contribution < 1.29 is 8.78 Å². The number of para-hydroxylation sites is 1. The van der Waals surface area contributed by atoms with Gasteiger partial charge in [0.15, 0.2) is 17.5 Å². The summed E-state index contributed by atoms with van der Waals surface area (Å²) in [7, 11) is 1.61. The number of nitriles is 2. The number of hydrogen-bond acceptors (Lipinski definition) is 5. The maximum Gasteiger partial charge on any atom is 0.171 e. The predicted octanol–water partition coefficient (Wildman–Crippen LogP) is 4.86. The fourth-order valence-electron chi connectivity index (χ4n) is 2.84. The van der Waals surface area contributed by atoms with Gasteiger partial charge in [-0.3, -0.25) is 0 Å². The number of anilines is 3. The summed E-state index contributed by atoms with van der Waals surface area (Å²) in [6.07, 6.45) is 0. The summed E-state index contributed by atoms with van der Waals surface area (Å²) >= 11 is 0. The molecule has 1 heterocycles. The number of halogens is 2. The zero-order valence-corrected chi connectivity index (χ0v) is 15.1. The Morgan fingerprint density at radius 3 is 2.43 bits per heavy atom. The standard InChI is InChI=1S/C21H15F2N5/c1-12-17(22)20(16-8-4-6-14(11-25)19(16)26-2)28-21(18(12)23)27-15-7-3-5-13(9-15)10-24/h3-9,26H,1-2H3,(H,27,28). The molecule has 0 unspecified atom stereocenters. The lowest BCUT2D eigenvalue weighted by Gasteiger charge is -2.15. The molecule has 2 N–H and O–H groups in total. The van der Waals surface area contributed by atoms with Gasteiger partial charge in [0.2, 0.25) is 0 Å². The largest absolute Gasteiger partial charge is 0.387 e. The Morgan fingerprint density at radius 2 is 1.75 bits per heavy atom. The summed E-state index contributed by atoms with van der Waals surface area (Å²) in [5.41, 5.74) is 1.62. The van der Waals surface area contributed by atoms with E-state index in [1.807, 2.05) is 12.1 Å². The van der Waals surface area contributed by atoms with Gasteiger partial charge >= 0.3 is 0 Å². The number of aromatic nitrogens is 1. The first-order valence-electron chi connectivity index (χ1n) is 8.34. The van der Waals surface area contributed by atoms with Crippen LogP contribution in [0.5, 0.6) is 0 Å². The van der Waals surface area contributed by atoms with E-state index in [1.54, 1.807) is 43.4 Å². The fourth-order valence-corrected chi connectivity index (χ4v) is 2.84. The first-order valence-corrected chi connectivity index (χ1v) is 8.34. The van der Waals surface area contributed by atoms with E-state index in [4.69, 9.17) is 5.26 Å². The van der Waals surface area contributed by atoms with E-state index in [1.165, 1.54) is 13.0 Å². The first-order chi connectivity index (χ1) is 13.5. The molecule has 0 saturated carbocycles. The third kappa shape index (κ3) is 3.34. The highest BCUT2D eigenvalue weighted by Gasteiger charge is 2.21. The second kappa shape index (κ2) is 7.73. The Balaban J connectivity index is 2.17. The molecule has 0 fully saturated rings. The van der Waals surface area contributed by atoms with Gasteiger partial charge in [-0.05, 0) is 31.2 Å². The molecule has 3 rings (SSSR count). The molecule has 0 aliphatic rings. The zero-order chi connectivity index (χ0) is 20.3. The van der Waals surface area contributed by atoms with Gasteiger partial charge in [-0.25, -0.2) is 13.8 Å². The molecule has 28 heavy (non-hydrogen) atoms. The molecule has 7 heteroatoms. The number of benzene rings is 2. The third-order valence-corrected chi connectivity index (χ3v) is 4.24. The minimum absolute atomic E-state index is 0.0840. The van der Waals surface area contributed by atoms with Crippen LogP contribution in [0, 0.1) is 41.2 Å². The van der Waals surface area contributed by atoms with Crippen LogP contribution in [-0.2, 0) is 0 Å². The van der Waals surface area contributed by atoms with E-state index in [0.717, 1.165) is 0 Å². The van der Waals surface area contributed by atoms with Gasteiger partial charge in [0.25, 0.3) is 0 Å². The van der Waals surface area contributed by atoms with Crippen LogP contribution < -0.4 is 10.6 Å². The highest BCUT2D eigenvalue weighted by Crippen LogP contribution is 2.35. The van der Waals surface area contributed by atoms with E-state index in [0.29, 0.717) is 28.1 Å². The maximum absolute atomic E-state index is 14.9. The van der Waals surface area contributed by atoms with Crippen LogP contribution in [0.3, 0.4) is 0 Å². The monoisotopic (exact) mass is 375 g/mol. The average molecular weight is 375 g/mol. The molecule has 5 nitrogen and oxygen atoms in total. The van der Waals surface area contributed by atoms with Crippen LogP contribution >= 0.6 is 0 Å². The molecule has 2 aromatic carbocycles. The van der Waals surface area contributed by atoms with Crippen molar-refractivity contribution in [3.05, 3.63) is 70.8 Å². The summed E-state index contributed by atoms with van der Waals surface area (Å²) in [6, 6.07) is 15.3. The SMILES string of the molecule is CNc1c(C#N)cccc1-c1nc(Nc2cccc(C#N)c2)c(F)c(C)c1F. The smallest absolute Gasteiger partial charge is 0.171 e. The molecule has 0 aliphatic carbocycles. The van der Waals surface area contributed by atoms with Crippen molar-refractivity contribution in [2.45, 2.75) is 6.92 Å². The summed E-state index contributed by atoms with van der Waals surface area (Å²) in [5, 5.41) is 24.0. The lowest BCUT2D eigenvalue weighted by Crippen LogP contribution is -2.06. The van der Waals surface area contributed by atoms with Gasteiger partial charge in [-0.1, -0.05) is 18.2 Å². The second-order valence-corrected chi connectivity index (χ2v) is 5.97. The maximum atomic E-state index is 14.9. The summed E-state index contributed by atoms with van der Waals surface area (Å²) < 4.78 is 29.5. The van der Waals surface area contributed by atoms with Crippen molar-refractivity contribution in [1.29, 1.82) is 10.5 Å². The first kappa shape index (κ1) is 18.8. The van der Waals surface area contributed by atoms with Crippen LogP contribution in [0.4, 0.5) is 26.0 Å². The minimum Gasteiger partial charge on any atom is -0.387 e. The van der Waals surface area contributed by atoms with Gasteiger partial charge in [0.05, 0.1) is 22.9 Å². The minimum atomic E-state index is -0.828. The molecular formula is C21H15F2N5. The van der Waals surface area contributed by atoms with Gasteiger partial charge in [-0.15, -0.1) is 0 Å². The van der Waals surface area contributed by atoms with E-state index in [9.17, 15) is 14.0 Å². The van der Waals surface area contributed by atoms with Gasteiger partial charge in [0.1, 0.15) is 11.8 Å². The van der Waals surface area contributed by atoms with Gasteiger partial charge in [-0.2, -0.15) is 10.5 Å². The Kier molecular flexibility index (Phi) is 5.19. The molecule has 0 aliphatic heterocycles. The lowest BCUT2D eigenvalue weighted by atomic mass is 10.0. The molecular weight excluding hydrogens is 360 g/mol. The van der Waals surface area contributed by atoms with Crippen molar-refractivity contribution in [2.75, 3.05) is 17.7 Å². The second-order valence-electron chi connectivity index (χ2n) is 5.97. The number of nitrogens with one attached hydrogen (secondary N) is 2. The Morgan fingerprint density at radius 1 is 1.00 bits per heavy atom. The Hall–Kier alpha value is -3.97. The quantitative estimate of drug-likeness (QED) is 0.680. The number of nitrogens with zero attached hydrogens (tertiary/aromatic N) is 3. The normalized spacial score (nSPS) is 10.1. The number of pyridine rings is 1. The van der Waals surface area contributed by atoms with E-state index in [-0.39, 0.29) is 17.1 Å². The average Bonchev–Trinajstić information content (AvgIpc) is 2.73. The van der Waals surface area contributed by atoms with E-state index < -0.39 is 11.6 Å². The van der Waals surface area contributed by atoms with Gasteiger partial charge < -0.3 is 10.6 Å². The molecule has 0 saturated heterocycles.